The average Bonchev–Trinajstić information content (AvgIpc) is 3.01. The lowest BCUT2D eigenvalue weighted by atomic mass is 9.89. The molecule has 0 bridgehead atoms. The summed E-state index contributed by atoms with van der Waals surface area (Å²) in [6, 6.07) is 3.69. The molecule has 174 valence electrons. The molecule has 3 rings (SSSR count). The molecule has 1 heterocycles. The number of alkyl halides is 9. The highest BCUT2D eigenvalue weighted by Crippen LogP contribution is 2.41. The molecular weight excluding hydrogens is 477 g/mol. The van der Waals surface area contributed by atoms with E-state index in [1.54, 1.807) is 0 Å². The number of rotatable bonds is 3. The van der Waals surface area contributed by atoms with E-state index in [4.69, 9.17) is 16.4 Å². The zero-order valence-corrected chi connectivity index (χ0v) is 16.7. The van der Waals surface area contributed by atoms with E-state index in [0.29, 0.717) is 12.1 Å². The number of oxime groups is 1. The van der Waals surface area contributed by atoms with Gasteiger partial charge in [0, 0.05) is 17.4 Å². The Balaban J connectivity index is 1.91. The van der Waals surface area contributed by atoms with Gasteiger partial charge < -0.3 is 4.84 Å². The van der Waals surface area contributed by atoms with Crippen LogP contribution in [0, 0.1) is 5.92 Å². The van der Waals surface area contributed by atoms with Gasteiger partial charge in [0.05, 0.1) is 22.4 Å². The van der Waals surface area contributed by atoms with E-state index >= 15 is 0 Å². The van der Waals surface area contributed by atoms with Crippen molar-refractivity contribution in [2.45, 2.75) is 38.0 Å². The van der Waals surface area contributed by atoms with Gasteiger partial charge in [0.25, 0.3) is 0 Å². The molecule has 0 fully saturated rings. The van der Waals surface area contributed by atoms with Gasteiger partial charge in [0.2, 0.25) is 0 Å². The summed E-state index contributed by atoms with van der Waals surface area (Å²) in [5.74, 6) is -0.829. The summed E-state index contributed by atoms with van der Waals surface area (Å²) in [6.45, 7) is 1.44. The minimum Gasteiger partial charge on any atom is -0.387 e. The second-order valence-electron chi connectivity index (χ2n) is 7.22. The molecule has 0 amide bonds. The minimum atomic E-state index is -5.03. The number of nitrogens with zero attached hydrogens (tertiary/aromatic N) is 1. The zero-order chi connectivity index (χ0) is 24.1. The van der Waals surface area contributed by atoms with E-state index in [-0.39, 0.29) is 28.8 Å². The first-order valence-corrected chi connectivity index (χ1v) is 9.32. The van der Waals surface area contributed by atoms with Gasteiger partial charge in [0.1, 0.15) is 0 Å². The molecule has 2 aromatic rings. The molecule has 2 atom stereocenters. The van der Waals surface area contributed by atoms with Crippen LogP contribution in [0.25, 0.3) is 0 Å². The van der Waals surface area contributed by atoms with Crippen LogP contribution in [-0.4, -0.2) is 5.71 Å². The van der Waals surface area contributed by atoms with Gasteiger partial charge >= 0.3 is 18.5 Å². The summed E-state index contributed by atoms with van der Waals surface area (Å²) >= 11 is 5.95. The van der Waals surface area contributed by atoms with Crippen molar-refractivity contribution in [3.05, 3.63) is 69.2 Å². The Morgan fingerprint density at radius 3 is 1.84 bits per heavy atom. The fourth-order valence-corrected chi connectivity index (χ4v) is 3.43. The lowest BCUT2D eigenvalue weighted by molar-refractivity contribution is -0.143. The van der Waals surface area contributed by atoms with Gasteiger partial charge in [-0.15, -0.1) is 0 Å². The summed E-state index contributed by atoms with van der Waals surface area (Å²) in [7, 11) is 0. The van der Waals surface area contributed by atoms with Crippen LogP contribution >= 0.6 is 11.6 Å². The summed E-state index contributed by atoms with van der Waals surface area (Å²) in [5, 5.41) is 3.70. The molecule has 0 aliphatic carbocycles. The van der Waals surface area contributed by atoms with E-state index in [9.17, 15) is 39.5 Å². The van der Waals surface area contributed by atoms with Crippen molar-refractivity contribution >= 4 is 17.3 Å². The Labute approximate surface area is 180 Å². The Morgan fingerprint density at radius 1 is 0.812 bits per heavy atom. The van der Waals surface area contributed by atoms with Crippen LogP contribution in [0.3, 0.4) is 0 Å². The first kappa shape index (κ1) is 24.2. The van der Waals surface area contributed by atoms with E-state index in [2.05, 4.69) is 5.16 Å². The monoisotopic (exact) mass is 489 g/mol. The minimum absolute atomic E-state index is 0.00484. The summed E-state index contributed by atoms with van der Waals surface area (Å²) in [5.41, 5.74) is -4.22. The van der Waals surface area contributed by atoms with Gasteiger partial charge in [0.15, 0.2) is 6.10 Å². The molecule has 0 saturated heterocycles. The lowest BCUT2D eigenvalue weighted by Gasteiger charge is -2.19. The van der Waals surface area contributed by atoms with Crippen molar-refractivity contribution in [3.63, 3.8) is 0 Å². The van der Waals surface area contributed by atoms with Crippen LogP contribution in [0.2, 0.25) is 5.02 Å². The maximum absolute atomic E-state index is 13.1. The second-order valence-corrected chi connectivity index (χ2v) is 7.62. The van der Waals surface area contributed by atoms with Crippen molar-refractivity contribution in [2.75, 3.05) is 0 Å². The first-order valence-electron chi connectivity index (χ1n) is 8.95. The Bertz CT molecular complexity index is 1010. The van der Waals surface area contributed by atoms with E-state index in [1.165, 1.54) is 6.92 Å². The average molecular weight is 490 g/mol. The third kappa shape index (κ3) is 5.13. The number of hydrogen-bond donors (Lipinski definition) is 0. The molecule has 0 spiro atoms. The Morgan fingerprint density at radius 2 is 1.34 bits per heavy atom. The van der Waals surface area contributed by atoms with E-state index in [0.717, 1.165) is 18.2 Å². The van der Waals surface area contributed by atoms with E-state index in [1.807, 2.05) is 0 Å². The van der Waals surface area contributed by atoms with Crippen molar-refractivity contribution in [3.8, 4) is 0 Å². The van der Waals surface area contributed by atoms with Crippen LogP contribution in [0.1, 0.15) is 40.8 Å². The summed E-state index contributed by atoms with van der Waals surface area (Å²) in [4.78, 5) is 5.10. The highest BCUT2D eigenvalue weighted by Gasteiger charge is 2.40. The fourth-order valence-electron chi connectivity index (χ4n) is 3.24. The molecule has 0 unspecified atom stereocenters. The zero-order valence-electron chi connectivity index (χ0n) is 16.0. The molecule has 0 saturated carbocycles. The van der Waals surface area contributed by atoms with Crippen LogP contribution in [-0.2, 0) is 29.8 Å². The second kappa shape index (κ2) is 8.17. The molecule has 12 heteroatoms. The Kier molecular flexibility index (Phi) is 6.18. The van der Waals surface area contributed by atoms with Gasteiger partial charge in [-0.3, -0.25) is 0 Å². The first-order chi connectivity index (χ1) is 14.6. The topological polar surface area (TPSA) is 21.6 Å². The van der Waals surface area contributed by atoms with Gasteiger partial charge in [-0.2, -0.15) is 39.5 Å². The van der Waals surface area contributed by atoms with Crippen LogP contribution in [0.15, 0.2) is 41.6 Å². The predicted molar refractivity (Wildman–Crippen MR) is 97.0 cm³/mol. The van der Waals surface area contributed by atoms with Crippen molar-refractivity contribution in [2.24, 2.45) is 11.1 Å². The van der Waals surface area contributed by atoms with Crippen molar-refractivity contribution in [1.82, 2.24) is 0 Å². The standard InChI is InChI=1S/C20H13ClF9NO/c1-9-16(7-10-4-12(18(22,23)24)2-3-15(10)21)31-32-17(9)11-5-13(19(25,26)27)8-14(6-11)20(28,29)30/h2-6,8-9,17H,7H2,1H3/t9-,17+/m1/s1. The quantitative estimate of drug-likeness (QED) is 0.405. The maximum Gasteiger partial charge on any atom is 0.416 e. The highest BCUT2D eigenvalue weighted by atomic mass is 35.5. The SMILES string of the molecule is C[C@@H]1C(Cc2cc(C(F)(F)F)ccc2Cl)=NO[C@@H]1c1cc(C(F)(F)F)cc(C(F)(F)F)c1. The molecule has 2 nitrogen and oxygen atoms in total. The molecule has 2 aromatic carbocycles. The predicted octanol–water partition coefficient (Wildman–Crippen LogP) is 7.70. The van der Waals surface area contributed by atoms with Crippen LogP contribution < -0.4 is 0 Å². The van der Waals surface area contributed by atoms with Crippen LogP contribution in [0.4, 0.5) is 39.5 Å². The lowest BCUT2D eigenvalue weighted by Crippen LogP contribution is -2.18. The molecule has 0 N–H and O–H groups in total. The fraction of sp³-hybridized carbons (Fsp3) is 0.350. The van der Waals surface area contributed by atoms with Crippen molar-refractivity contribution in [1.29, 1.82) is 0 Å². The molecule has 0 radical (unpaired) electrons. The third-order valence-electron chi connectivity index (χ3n) is 4.95. The number of hydrogen-bond acceptors (Lipinski definition) is 2. The molecule has 0 aromatic heterocycles. The normalized spacial score (nSPS) is 19.7. The van der Waals surface area contributed by atoms with Gasteiger partial charge in [-0.05, 0) is 47.5 Å². The number of benzene rings is 2. The van der Waals surface area contributed by atoms with Gasteiger partial charge in [-0.1, -0.05) is 23.7 Å². The highest BCUT2D eigenvalue weighted by molar-refractivity contribution is 6.31. The Hall–Kier alpha value is -2.43. The summed E-state index contributed by atoms with van der Waals surface area (Å²) < 4.78 is 118. The molecule has 32 heavy (non-hydrogen) atoms. The third-order valence-corrected chi connectivity index (χ3v) is 5.32. The van der Waals surface area contributed by atoms with E-state index < -0.39 is 52.8 Å². The molecular formula is C20H13ClF9NO. The molecule has 1 aliphatic rings. The number of halogens is 10. The van der Waals surface area contributed by atoms with Gasteiger partial charge in [-0.25, -0.2) is 0 Å². The molecule has 1 aliphatic heterocycles. The smallest absolute Gasteiger partial charge is 0.387 e. The maximum atomic E-state index is 13.1. The largest absolute Gasteiger partial charge is 0.416 e. The van der Waals surface area contributed by atoms with Crippen molar-refractivity contribution < 1.29 is 44.4 Å². The van der Waals surface area contributed by atoms with Crippen LogP contribution in [0.5, 0.6) is 0 Å². The summed E-state index contributed by atoms with van der Waals surface area (Å²) in [6.07, 6.45) is -16.2.